The summed E-state index contributed by atoms with van der Waals surface area (Å²) in [6.07, 6.45) is 9.30. The second-order valence-electron chi connectivity index (χ2n) is 8.28. The van der Waals surface area contributed by atoms with Gasteiger partial charge in [-0.3, -0.25) is 4.79 Å². The zero-order chi connectivity index (χ0) is 18.0. The molecule has 4 nitrogen and oxygen atoms in total. The molecule has 0 radical (unpaired) electrons. The number of para-hydroxylation sites is 1. The summed E-state index contributed by atoms with van der Waals surface area (Å²) in [7, 11) is 0. The van der Waals surface area contributed by atoms with Crippen LogP contribution in [0.3, 0.4) is 0 Å². The molecule has 1 aromatic rings. The molecule has 1 N–H and O–H groups in total. The fourth-order valence-electron chi connectivity index (χ4n) is 4.89. The Hall–Kier alpha value is -1.81. The zero-order valence-electron chi connectivity index (χ0n) is 15.3. The van der Waals surface area contributed by atoms with Gasteiger partial charge in [-0.2, -0.15) is 0 Å². The second-order valence-corrected chi connectivity index (χ2v) is 8.28. The first-order valence-electron chi connectivity index (χ1n) is 9.95. The Morgan fingerprint density at radius 1 is 1.15 bits per heavy atom. The van der Waals surface area contributed by atoms with E-state index < -0.39 is 0 Å². The summed E-state index contributed by atoms with van der Waals surface area (Å²) in [4.78, 5) is 14.9. The maximum atomic E-state index is 12.9. The van der Waals surface area contributed by atoms with Gasteiger partial charge in [-0.1, -0.05) is 30.4 Å². The number of amides is 1. The van der Waals surface area contributed by atoms with Gasteiger partial charge < -0.3 is 14.7 Å². The fraction of sp³-hybridized carbons (Fsp3) is 0.591. The molecule has 1 saturated heterocycles. The number of benzene rings is 1. The number of nitrogens with zero attached hydrogens (tertiary/aromatic N) is 1. The average Bonchev–Trinajstić information content (AvgIpc) is 3.32. The molecule has 3 aliphatic rings. The van der Waals surface area contributed by atoms with Crippen molar-refractivity contribution >= 4 is 5.91 Å². The Bertz CT molecular complexity index is 649. The number of carbonyl (C=O) groups is 1. The Morgan fingerprint density at radius 2 is 1.92 bits per heavy atom. The van der Waals surface area contributed by atoms with E-state index in [0.717, 1.165) is 44.5 Å². The van der Waals surface area contributed by atoms with E-state index in [1.165, 1.54) is 6.42 Å². The monoisotopic (exact) mass is 355 g/mol. The SMILES string of the molecule is O=C([C@@H]1C[C@H]2C=C[C@@H]1C2)N1CCC(CO)(CCOc2ccccc2)CC1. The lowest BCUT2D eigenvalue weighted by Gasteiger charge is -2.42. The normalized spacial score (nSPS) is 29.1. The second kappa shape index (κ2) is 7.43. The lowest BCUT2D eigenvalue weighted by atomic mass is 9.76. The van der Waals surface area contributed by atoms with Crippen LogP contribution >= 0.6 is 0 Å². The number of allylic oxidation sites excluding steroid dienone is 2. The van der Waals surface area contributed by atoms with Gasteiger partial charge in [0.2, 0.25) is 5.91 Å². The Kier molecular flexibility index (Phi) is 5.03. The van der Waals surface area contributed by atoms with Crippen LogP contribution in [0.4, 0.5) is 0 Å². The molecule has 2 bridgehead atoms. The summed E-state index contributed by atoms with van der Waals surface area (Å²) in [6.45, 7) is 2.31. The van der Waals surface area contributed by atoms with Crippen molar-refractivity contribution in [2.24, 2.45) is 23.2 Å². The van der Waals surface area contributed by atoms with Crippen LogP contribution < -0.4 is 4.74 Å². The number of ether oxygens (including phenoxy) is 1. The highest BCUT2D eigenvalue weighted by Crippen LogP contribution is 2.45. The van der Waals surface area contributed by atoms with Gasteiger partial charge in [-0.15, -0.1) is 0 Å². The molecule has 1 saturated carbocycles. The van der Waals surface area contributed by atoms with Gasteiger partial charge in [0.25, 0.3) is 0 Å². The van der Waals surface area contributed by atoms with Crippen molar-refractivity contribution in [1.82, 2.24) is 4.90 Å². The quantitative estimate of drug-likeness (QED) is 0.797. The summed E-state index contributed by atoms with van der Waals surface area (Å²) in [6, 6.07) is 9.81. The topological polar surface area (TPSA) is 49.8 Å². The maximum Gasteiger partial charge on any atom is 0.226 e. The summed E-state index contributed by atoms with van der Waals surface area (Å²) in [5.74, 6) is 2.52. The molecule has 1 heterocycles. The van der Waals surface area contributed by atoms with Crippen LogP contribution in [-0.4, -0.2) is 42.2 Å². The summed E-state index contributed by atoms with van der Waals surface area (Å²) < 4.78 is 5.83. The molecule has 4 heteroatoms. The van der Waals surface area contributed by atoms with E-state index in [-0.39, 0.29) is 17.9 Å². The average molecular weight is 355 g/mol. The Morgan fingerprint density at radius 3 is 2.54 bits per heavy atom. The smallest absolute Gasteiger partial charge is 0.226 e. The van der Waals surface area contributed by atoms with Gasteiger partial charge >= 0.3 is 0 Å². The van der Waals surface area contributed by atoms with Gasteiger partial charge in [0.15, 0.2) is 0 Å². The van der Waals surface area contributed by atoms with Crippen molar-refractivity contribution in [3.8, 4) is 5.75 Å². The van der Waals surface area contributed by atoms with Crippen LogP contribution in [0.15, 0.2) is 42.5 Å². The predicted octanol–water partition coefficient (Wildman–Crippen LogP) is 3.27. The minimum absolute atomic E-state index is 0.111. The zero-order valence-corrected chi connectivity index (χ0v) is 15.3. The Labute approximate surface area is 155 Å². The van der Waals surface area contributed by atoms with Crippen molar-refractivity contribution in [3.05, 3.63) is 42.5 Å². The molecule has 2 aliphatic carbocycles. The molecular weight excluding hydrogens is 326 g/mol. The van der Waals surface area contributed by atoms with Gasteiger partial charge in [-0.05, 0) is 56.1 Å². The number of rotatable bonds is 6. The van der Waals surface area contributed by atoms with Crippen LogP contribution in [0, 0.1) is 23.2 Å². The largest absolute Gasteiger partial charge is 0.494 e. The molecule has 0 spiro atoms. The molecule has 2 fully saturated rings. The lowest BCUT2D eigenvalue weighted by molar-refractivity contribution is -0.139. The fourth-order valence-corrected chi connectivity index (χ4v) is 4.89. The number of fused-ring (bicyclic) bond motifs is 2. The molecule has 140 valence electrons. The first-order chi connectivity index (χ1) is 12.7. The standard InChI is InChI=1S/C22H29NO3/c24-16-22(10-13-26-19-4-2-1-3-5-19)8-11-23(12-9-22)21(25)20-15-17-6-7-18(20)14-17/h1-7,17-18,20,24H,8-16H2/t17-,18+,20+/m0/s1. The van der Waals surface area contributed by atoms with Gasteiger partial charge in [-0.25, -0.2) is 0 Å². The third-order valence-corrected chi connectivity index (χ3v) is 6.71. The van der Waals surface area contributed by atoms with E-state index in [0.29, 0.717) is 24.3 Å². The molecule has 1 amide bonds. The summed E-state index contributed by atoms with van der Waals surface area (Å²) in [5.41, 5.74) is -0.111. The predicted molar refractivity (Wildman–Crippen MR) is 101 cm³/mol. The van der Waals surface area contributed by atoms with Gasteiger partial charge in [0, 0.05) is 31.0 Å². The van der Waals surface area contributed by atoms with Crippen LogP contribution in [-0.2, 0) is 4.79 Å². The third kappa shape index (κ3) is 3.52. The van der Waals surface area contributed by atoms with E-state index >= 15 is 0 Å². The summed E-state index contributed by atoms with van der Waals surface area (Å²) in [5, 5.41) is 9.99. The molecular formula is C22H29NO3. The van der Waals surface area contributed by atoms with E-state index in [9.17, 15) is 9.90 Å². The Balaban J connectivity index is 1.28. The maximum absolute atomic E-state index is 12.9. The van der Waals surface area contributed by atoms with Crippen molar-refractivity contribution in [2.75, 3.05) is 26.3 Å². The highest BCUT2D eigenvalue weighted by molar-refractivity contribution is 5.80. The third-order valence-electron chi connectivity index (χ3n) is 6.71. The molecule has 26 heavy (non-hydrogen) atoms. The number of hydrogen-bond donors (Lipinski definition) is 1. The minimum Gasteiger partial charge on any atom is -0.494 e. The molecule has 0 aromatic heterocycles. The number of aliphatic hydroxyl groups is 1. The van der Waals surface area contributed by atoms with Gasteiger partial charge in [0.05, 0.1) is 6.61 Å². The first-order valence-corrected chi connectivity index (χ1v) is 9.95. The number of aliphatic hydroxyl groups excluding tert-OH is 1. The highest BCUT2D eigenvalue weighted by Gasteiger charge is 2.43. The van der Waals surface area contributed by atoms with Crippen LogP contribution in [0.5, 0.6) is 5.75 Å². The highest BCUT2D eigenvalue weighted by atomic mass is 16.5. The van der Waals surface area contributed by atoms with E-state index in [2.05, 4.69) is 12.2 Å². The van der Waals surface area contributed by atoms with E-state index in [1.54, 1.807) is 0 Å². The summed E-state index contributed by atoms with van der Waals surface area (Å²) >= 11 is 0. The lowest BCUT2D eigenvalue weighted by Crippen LogP contribution is -2.47. The molecule has 3 atom stereocenters. The molecule has 0 unspecified atom stereocenters. The minimum atomic E-state index is -0.111. The number of hydrogen-bond acceptors (Lipinski definition) is 3. The van der Waals surface area contributed by atoms with Crippen molar-refractivity contribution in [2.45, 2.75) is 32.1 Å². The first kappa shape index (κ1) is 17.6. The van der Waals surface area contributed by atoms with Crippen LogP contribution in [0.1, 0.15) is 32.1 Å². The van der Waals surface area contributed by atoms with Crippen molar-refractivity contribution < 1.29 is 14.6 Å². The number of carbonyl (C=O) groups excluding carboxylic acids is 1. The number of piperidine rings is 1. The van der Waals surface area contributed by atoms with Crippen LogP contribution in [0.2, 0.25) is 0 Å². The molecule has 1 aromatic carbocycles. The molecule has 4 rings (SSSR count). The van der Waals surface area contributed by atoms with E-state index in [1.807, 2.05) is 35.2 Å². The van der Waals surface area contributed by atoms with Crippen molar-refractivity contribution in [1.29, 1.82) is 0 Å². The van der Waals surface area contributed by atoms with Gasteiger partial charge in [0.1, 0.15) is 5.75 Å². The molecule has 1 aliphatic heterocycles. The van der Waals surface area contributed by atoms with Crippen molar-refractivity contribution in [3.63, 3.8) is 0 Å². The van der Waals surface area contributed by atoms with Crippen LogP contribution in [0.25, 0.3) is 0 Å². The number of likely N-dealkylation sites (tertiary alicyclic amines) is 1. The van der Waals surface area contributed by atoms with E-state index in [4.69, 9.17) is 4.74 Å².